The summed E-state index contributed by atoms with van der Waals surface area (Å²) in [5.74, 6) is -1.96. The molecule has 0 amide bonds. The summed E-state index contributed by atoms with van der Waals surface area (Å²) in [5.41, 5.74) is 1.19. The van der Waals surface area contributed by atoms with Gasteiger partial charge >= 0.3 is 0 Å². The van der Waals surface area contributed by atoms with Gasteiger partial charge < -0.3 is 4.90 Å². The summed E-state index contributed by atoms with van der Waals surface area (Å²) in [7, 11) is -0.391. The van der Waals surface area contributed by atoms with Crippen molar-refractivity contribution in [3.05, 3.63) is 54.1 Å². The Hall–Kier alpha value is -2.15. The van der Waals surface area contributed by atoms with Gasteiger partial charge in [-0.25, -0.2) is 17.2 Å². The van der Waals surface area contributed by atoms with E-state index in [9.17, 15) is 17.2 Å². The van der Waals surface area contributed by atoms with Crippen LogP contribution in [0, 0.1) is 11.6 Å². The van der Waals surface area contributed by atoms with Gasteiger partial charge in [0.2, 0.25) is 0 Å². The zero-order chi connectivity index (χ0) is 15.6. The van der Waals surface area contributed by atoms with E-state index in [1.807, 2.05) is 19.0 Å². The largest absolute Gasteiger partial charge is 0.378 e. The lowest BCUT2D eigenvalue weighted by Crippen LogP contribution is -2.15. The first-order valence-electron chi connectivity index (χ1n) is 6.05. The van der Waals surface area contributed by atoms with E-state index in [-0.39, 0.29) is 0 Å². The predicted octanol–water partition coefficient (Wildman–Crippen LogP) is 2.83. The smallest absolute Gasteiger partial charge is 0.264 e. The molecule has 2 aromatic carbocycles. The number of halogens is 2. The topological polar surface area (TPSA) is 49.4 Å². The molecular weight excluding hydrogens is 298 g/mol. The predicted molar refractivity (Wildman–Crippen MR) is 77.9 cm³/mol. The molecule has 0 bridgehead atoms. The van der Waals surface area contributed by atoms with Crippen LogP contribution < -0.4 is 9.62 Å². The number of nitrogens with zero attached hydrogens (tertiary/aromatic N) is 1. The summed E-state index contributed by atoms with van der Waals surface area (Å²) in [4.78, 5) is 1.26. The molecule has 0 saturated carbocycles. The van der Waals surface area contributed by atoms with E-state index < -0.39 is 26.6 Å². The molecule has 21 heavy (non-hydrogen) atoms. The van der Waals surface area contributed by atoms with E-state index in [1.54, 1.807) is 24.3 Å². The minimum absolute atomic E-state index is 0.296. The molecule has 7 heteroatoms. The van der Waals surface area contributed by atoms with Crippen LogP contribution in [0.25, 0.3) is 0 Å². The summed E-state index contributed by atoms with van der Waals surface area (Å²) in [5, 5.41) is 0. The lowest BCUT2D eigenvalue weighted by Gasteiger charge is -2.13. The molecule has 2 aromatic rings. The first kappa shape index (κ1) is 15.2. The molecule has 0 atom stereocenters. The highest BCUT2D eigenvalue weighted by Crippen LogP contribution is 2.21. The van der Waals surface area contributed by atoms with E-state index >= 15 is 0 Å². The molecule has 4 nitrogen and oxygen atoms in total. The van der Waals surface area contributed by atoms with Crippen molar-refractivity contribution in [2.45, 2.75) is 4.90 Å². The molecular formula is C14H14F2N2O2S. The van der Waals surface area contributed by atoms with E-state index in [1.165, 1.54) is 0 Å². The molecule has 0 aromatic heterocycles. The minimum Gasteiger partial charge on any atom is -0.378 e. The summed E-state index contributed by atoms with van der Waals surface area (Å²) >= 11 is 0. The standard InChI is InChI=1S/C14H14F2N2O2S/c1-18(2)12-6-4-11(5-7-12)17-21(19,20)14-8-3-10(15)9-13(14)16/h3-9,17H,1-2H3. The second-order valence-corrected chi connectivity index (χ2v) is 6.27. The molecule has 0 aliphatic carbocycles. The van der Waals surface area contributed by atoms with Gasteiger partial charge in [-0.3, -0.25) is 4.72 Å². The third kappa shape index (κ3) is 3.49. The molecule has 0 heterocycles. The highest BCUT2D eigenvalue weighted by molar-refractivity contribution is 7.92. The molecule has 1 N–H and O–H groups in total. The molecule has 0 aliphatic heterocycles. The number of hydrogen-bond acceptors (Lipinski definition) is 3. The second-order valence-electron chi connectivity index (χ2n) is 4.62. The summed E-state index contributed by atoms with van der Waals surface area (Å²) in [6.07, 6.45) is 0. The van der Waals surface area contributed by atoms with Crippen LogP contribution in [0.3, 0.4) is 0 Å². The molecule has 2 rings (SSSR count). The first-order valence-corrected chi connectivity index (χ1v) is 7.53. The Bertz CT molecular complexity index is 744. The fourth-order valence-corrected chi connectivity index (χ4v) is 2.85. The van der Waals surface area contributed by atoms with Crippen molar-refractivity contribution < 1.29 is 17.2 Å². The number of benzene rings is 2. The summed E-state index contributed by atoms with van der Waals surface area (Å²) in [6.45, 7) is 0. The minimum atomic E-state index is -4.10. The monoisotopic (exact) mass is 312 g/mol. The van der Waals surface area contributed by atoms with Gasteiger partial charge in [0, 0.05) is 31.5 Å². The van der Waals surface area contributed by atoms with Crippen LogP contribution in [0.4, 0.5) is 20.2 Å². The number of sulfonamides is 1. The van der Waals surface area contributed by atoms with Crippen molar-refractivity contribution in [2.75, 3.05) is 23.7 Å². The molecule has 0 fully saturated rings. The van der Waals surface area contributed by atoms with E-state index in [0.29, 0.717) is 11.8 Å². The van der Waals surface area contributed by atoms with Crippen LogP contribution in [0.2, 0.25) is 0 Å². The van der Waals surface area contributed by atoms with Crippen molar-refractivity contribution in [3.63, 3.8) is 0 Å². The van der Waals surface area contributed by atoms with Gasteiger partial charge in [0.05, 0.1) is 0 Å². The summed E-state index contributed by atoms with van der Waals surface area (Å²) in [6, 6.07) is 8.89. The van der Waals surface area contributed by atoms with E-state index in [4.69, 9.17) is 0 Å². The average Bonchev–Trinajstić information content (AvgIpc) is 2.38. The molecule has 0 spiro atoms. The number of anilines is 2. The Morgan fingerprint density at radius 3 is 2.14 bits per heavy atom. The zero-order valence-corrected chi connectivity index (χ0v) is 12.3. The fraction of sp³-hybridized carbons (Fsp3) is 0.143. The number of rotatable bonds is 4. The van der Waals surface area contributed by atoms with Crippen LogP contribution in [-0.4, -0.2) is 22.5 Å². The van der Waals surface area contributed by atoms with Gasteiger partial charge in [-0.1, -0.05) is 0 Å². The molecule has 0 unspecified atom stereocenters. The van der Waals surface area contributed by atoms with Crippen molar-refractivity contribution in [3.8, 4) is 0 Å². The normalized spacial score (nSPS) is 11.2. The Balaban J connectivity index is 2.28. The van der Waals surface area contributed by atoms with Crippen molar-refractivity contribution >= 4 is 21.4 Å². The van der Waals surface area contributed by atoms with Gasteiger partial charge in [0.25, 0.3) is 10.0 Å². The van der Waals surface area contributed by atoms with Crippen LogP contribution >= 0.6 is 0 Å². The quantitative estimate of drug-likeness (QED) is 0.944. The Kier molecular flexibility index (Phi) is 4.13. The van der Waals surface area contributed by atoms with Crippen molar-refractivity contribution in [1.29, 1.82) is 0 Å². The van der Waals surface area contributed by atoms with Crippen LogP contribution in [0.15, 0.2) is 47.4 Å². The van der Waals surface area contributed by atoms with Crippen molar-refractivity contribution in [2.24, 2.45) is 0 Å². The van der Waals surface area contributed by atoms with E-state index in [2.05, 4.69) is 4.72 Å². The fourth-order valence-electron chi connectivity index (χ4n) is 1.73. The average molecular weight is 312 g/mol. The van der Waals surface area contributed by atoms with Gasteiger partial charge in [0.1, 0.15) is 16.5 Å². The van der Waals surface area contributed by atoms with Gasteiger partial charge in [0.15, 0.2) is 0 Å². The lowest BCUT2D eigenvalue weighted by molar-refractivity contribution is 0.551. The maximum atomic E-state index is 13.6. The third-order valence-electron chi connectivity index (χ3n) is 2.82. The van der Waals surface area contributed by atoms with Crippen LogP contribution in [0.5, 0.6) is 0 Å². The SMILES string of the molecule is CN(C)c1ccc(NS(=O)(=O)c2ccc(F)cc2F)cc1. The number of nitrogens with one attached hydrogen (secondary N) is 1. The molecule has 0 aliphatic rings. The van der Waals surface area contributed by atoms with Crippen LogP contribution in [0.1, 0.15) is 0 Å². The van der Waals surface area contributed by atoms with Gasteiger partial charge in [-0.15, -0.1) is 0 Å². The summed E-state index contributed by atoms with van der Waals surface area (Å²) < 4.78 is 52.8. The Morgan fingerprint density at radius 1 is 1.00 bits per heavy atom. The Labute approximate surface area is 122 Å². The van der Waals surface area contributed by atoms with Crippen LogP contribution in [-0.2, 0) is 10.0 Å². The van der Waals surface area contributed by atoms with Crippen molar-refractivity contribution in [1.82, 2.24) is 0 Å². The molecule has 112 valence electrons. The maximum Gasteiger partial charge on any atom is 0.264 e. The number of hydrogen-bond donors (Lipinski definition) is 1. The van der Waals surface area contributed by atoms with E-state index in [0.717, 1.165) is 17.8 Å². The lowest BCUT2D eigenvalue weighted by atomic mass is 10.3. The maximum absolute atomic E-state index is 13.6. The van der Waals surface area contributed by atoms with Gasteiger partial charge in [-0.05, 0) is 36.4 Å². The Morgan fingerprint density at radius 2 is 1.62 bits per heavy atom. The van der Waals surface area contributed by atoms with Gasteiger partial charge in [-0.2, -0.15) is 0 Å². The molecule has 0 radical (unpaired) electrons. The molecule has 0 saturated heterocycles. The first-order chi connectivity index (χ1) is 9.79. The highest BCUT2D eigenvalue weighted by atomic mass is 32.2. The third-order valence-corrected chi connectivity index (χ3v) is 4.23. The highest BCUT2D eigenvalue weighted by Gasteiger charge is 2.19. The zero-order valence-electron chi connectivity index (χ0n) is 11.5. The second kappa shape index (κ2) is 5.69.